The summed E-state index contributed by atoms with van der Waals surface area (Å²) >= 11 is 0. The van der Waals surface area contributed by atoms with Crippen molar-refractivity contribution in [2.75, 3.05) is 0 Å². The molecule has 0 aliphatic heterocycles. The third-order valence-corrected chi connectivity index (χ3v) is 7.47. The highest BCUT2D eigenvalue weighted by molar-refractivity contribution is 5.86. The molecule has 0 spiro atoms. The number of benzene rings is 4. The smallest absolute Gasteiger partial charge is 0.0713 e. The molecule has 0 fully saturated rings. The van der Waals surface area contributed by atoms with E-state index in [9.17, 15) is 0 Å². The van der Waals surface area contributed by atoms with Crippen LogP contribution in [0.15, 0.2) is 135 Å². The summed E-state index contributed by atoms with van der Waals surface area (Å²) in [5, 5.41) is 0. The Labute approximate surface area is 222 Å². The molecular weight excluding hydrogens is 444 g/mol. The lowest BCUT2D eigenvalue weighted by Gasteiger charge is -2.34. The molecule has 0 nitrogen and oxygen atoms in total. The molecule has 0 saturated carbocycles. The van der Waals surface area contributed by atoms with E-state index < -0.39 is 0 Å². The van der Waals surface area contributed by atoms with Gasteiger partial charge in [-0.3, -0.25) is 0 Å². The van der Waals surface area contributed by atoms with E-state index in [2.05, 4.69) is 124 Å². The fraction of sp³-hybridized carbons (Fsp3) is 0.135. The number of fused-ring (bicyclic) bond motifs is 3. The fourth-order valence-corrected chi connectivity index (χ4v) is 5.72. The van der Waals surface area contributed by atoms with E-state index in [0.717, 1.165) is 12.8 Å². The van der Waals surface area contributed by atoms with Gasteiger partial charge in [-0.1, -0.05) is 146 Å². The predicted octanol–water partition coefficient (Wildman–Crippen LogP) is 9.24. The Kier molecular flexibility index (Phi) is 6.93. The van der Waals surface area contributed by atoms with Gasteiger partial charge in [-0.15, -0.1) is 0 Å². The Hall–Kier alpha value is -4.16. The molecule has 1 aliphatic rings. The van der Waals surface area contributed by atoms with Crippen LogP contribution in [-0.2, 0) is 18.3 Å². The van der Waals surface area contributed by atoms with E-state index in [1.807, 2.05) is 24.3 Å². The molecule has 0 aromatic heterocycles. The molecule has 0 radical (unpaired) electrons. The summed E-state index contributed by atoms with van der Waals surface area (Å²) in [6, 6.07) is 32.3. The van der Waals surface area contributed by atoms with Gasteiger partial charge in [0.15, 0.2) is 0 Å². The monoisotopic (exact) mass is 478 g/mol. The number of hydrogen-bond donors (Lipinski definition) is 0. The fourth-order valence-electron chi connectivity index (χ4n) is 5.72. The van der Waals surface area contributed by atoms with Gasteiger partial charge in [0, 0.05) is 0 Å². The van der Waals surface area contributed by atoms with E-state index in [4.69, 9.17) is 0 Å². The van der Waals surface area contributed by atoms with Gasteiger partial charge in [0.1, 0.15) is 0 Å². The van der Waals surface area contributed by atoms with Crippen molar-refractivity contribution in [3.8, 4) is 11.1 Å². The van der Waals surface area contributed by atoms with Crippen molar-refractivity contribution in [1.82, 2.24) is 0 Å². The van der Waals surface area contributed by atoms with Crippen molar-refractivity contribution < 1.29 is 0 Å². The molecule has 0 atom stereocenters. The summed E-state index contributed by atoms with van der Waals surface area (Å²) in [4.78, 5) is 0. The highest BCUT2D eigenvalue weighted by Gasteiger charge is 2.46. The van der Waals surface area contributed by atoms with Crippen LogP contribution in [0.1, 0.15) is 44.5 Å². The van der Waals surface area contributed by atoms with Crippen LogP contribution in [0, 0.1) is 13.8 Å². The number of rotatable bonds is 8. The van der Waals surface area contributed by atoms with Gasteiger partial charge in [0.2, 0.25) is 0 Å². The van der Waals surface area contributed by atoms with Crippen LogP contribution in [0.3, 0.4) is 0 Å². The van der Waals surface area contributed by atoms with E-state index in [0.29, 0.717) is 0 Å². The van der Waals surface area contributed by atoms with Crippen molar-refractivity contribution in [2.24, 2.45) is 0 Å². The van der Waals surface area contributed by atoms with Crippen LogP contribution in [0.5, 0.6) is 0 Å². The van der Waals surface area contributed by atoms with Crippen LogP contribution in [0.25, 0.3) is 11.1 Å². The first-order valence-corrected chi connectivity index (χ1v) is 13.0. The highest BCUT2D eigenvalue weighted by Crippen LogP contribution is 2.56. The van der Waals surface area contributed by atoms with Crippen molar-refractivity contribution in [2.45, 2.75) is 32.1 Å². The Morgan fingerprint density at radius 1 is 0.568 bits per heavy atom. The minimum atomic E-state index is -0.367. The van der Waals surface area contributed by atoms with E-state index in [-0.39, 0.29) is 5.41 Å². The molecule has 0 heteroatoms. The van der Waals surface area contributed by atoms with Gasteiger partial charge < -0.3 is 0 Å². The lowest BCUT2D eigenvalue weighted by Crippen LogP contribution is -2.28. The Morgan fingerprint density at radius 3 is 1.35 bits per heavy atom. The second kappa shape index (κ2) is 10.4. The van der Waals surface area contributed by atoms with Crippen LogP contribution in [0.4, 0.5) is 0 Å². The summed E-state index contributed by atoms with van der Waals surface area (Å²) in [6.07, 6.45) is 13.8. The third-order valence-electron chi connectivity index (χ3n) is 7.47. The zero-order valence-electron chi connectivity index (χ0n) is 21.9. The highest BCUT2D eigenvalue weighted by atomic mass is 14.5. The molecule has 0 unspecified atom stereocenters. The van der Waals surface area contributed by atoms with Gasteiger partial charge in [0.25, 0.3) is 0 Å². The van der Waals surface area contributed by atoms with Gasteiger partial charge in [-0.25, -0.2) is 0 Å². The van der Waals surface area contributed by atoms with Crippen molar-refractivity contribution >= 4 is 0 Å². The second-order valence-corrected chi connectivity index (χ2v) is 9.98. The lowest BCUT2D eigenvalue weighted by atomic mass is 9.67. The lowest BCUT2D eigenvalue weighted by molar-refractivity contribution is 0.765. The van der Waals surface area contributed by atoms with Crippen LogP contribution < -0.4 is 0 Å². The average molecular weight is 479 g/mol. The summed E-state index contributed by atoms with van der Waals surface area (Å²) in [5.41, 5.74) is 12.8. The Bertz CT molecular complexity index is 1370. The van der Waals surface area contributed by atoms with Gasteiger partial charge in [-0.2, -0.15) is 0 Å². The standard InChI is InChI=1S/C37H34/c1-5-7-9-11-29-15-19-31(20-16-29)37(32-21-17-30(18-22-32)12-10-8-6-2)35-25-27(3)13-23-33(35)34-24-14-28(4)26-36(34)37/h5-10,13-26H,1-2,11-12H2,3-4H3. The predicted molar refractivity (Wildman–Crippen MR) is 159 cm³/mol. The molecule has 0 saturated heterocycles. The van der Waals surface area contributed by atoms with Crippen molar-refractivity contribution in [1.29, 1.82) is 0 Å². The zero-order valence-corrected chi connectivity index (χ0v) is 21.9. The molecule has 37 heavy (non-hydrogen) atoms. The molecule has 0 N–H and O–H groups in total. The average Bonchev–Trinajstić information content (AvgIpc) is 3.19. The summed E-state index contributed by atoms with van der Waals surface area (Å²) in [6.45, 7) is 12.0. The molecule has 4 aromatic rings. The molecule has 5 rings (SSSR count). The second-order valence-electron chi connectivity index (χ2n) is 9.98. The topological polar surface area (TPSA) is 0 Å². The normalized spacial score (nSPS) is 13.6. The van der Waals surface area contributed by atoms with Crippen molar-refractivity contribution in [3.63, 3.8) is 0 Å². The quantitative estimate of drug-likeness (QED) is 0.195. The maximum Gasteiger partial charge on any atom is 0.0713 e. The van der Waals surface area contributed by atoms with Crippen LogP contribution in [0.2, 0.25) is 0 Å². The van der Waals surface area contributed by atoms with Crippen LogP contribution in [-0.4, -0.2) is 0 Å². The van der Waals surface area contributed by atoms with E-state index in [1.165, 1.54) is 55.6 Å². The maximum atomic E-state index is 3.79. The molecule has 182 valence electrons. The van der Waals surface area contributed by atoms with Gasteiger partial charge in [-0.05, 0) is 71.2 Å². The molecule has 0 amide bonds. The zero-order chi connectivity index (χ0) is 25.8. The molecule has 1 aliphatic carbocycles. The SMILES string of the molecule is C=CC=CCc1ccc(C2(c3ccc(CC=CC=C)cc3)c3cc(C)ccc3-c3ccc(C)cc32)cc1. The first kappa shape index (κ1) is 24.5. The van der Waals surface area contributed by atoms with Gasteiger partial charge >= 0.3 is 0 Å². The summed E-state index contributed by atoms with van der Waals surface area (Å²) in [7, 11) is 0. The minimum Gasteiger partial charge on any atom is -0.0991 e. The van der Waals surface area contributed by atoms with E-state index in [1.54, 1.807) is 0 Å². The molecule has 0 heterocycles. The van der Waals surface area contributed by atoms with Gasteiger partial charge in [0.05, 0.1) is 5.41 Å². The third kappa shape index (κ3) is 4.45. The van der Waals surface area contributed by atoms with Crippen LogP contribution >= 0.6 is 0 Å². The number of allylic oxidation sites excluding steroid dienone is 6. The molecule has 0 bridgehead atoms. The van der Waals surface area contributed by atoms with E-state index >= 15 is 0 Å². The molecule has 4 aromatic carbocycles. The summed E-state index contributed by atoms with van der Waals surface area (Å²) < 4.78 is 0. The number of hydrogen-bond acceptors (Lipinski definition) is 0. The Morgan fingerprint density at radius 2 is 0.973 bits per heavy atom. The number of aryl methyl sites for hydroxylation is 2. The summed E-state index contributed by atoms with van der Waals surface area (Å²) in [5.74, 6) is 0. The molecular formula is C37H34. The minimum absolute atomic E-state index is 0.367. The Balaban J connectivity index is 1.75. The first-order valence-electron chi connectivity index (χ1n) is 13.0. The largest absolute Gasteiger partial charge is 0.0991 e. The first-order chi connectivity index (χ1) is 18.1. The maximum absolute atomic E-state index is 3.79. The van der Waals surface area contributed by atoms with Crippen molar-refractivity contribution in [3.05, 3.63) is 179 Å².